The van der Waals surface area contributed by atoms with Gasteiger partial charge in [0.05, 0.1) is 13.2 Å². The van der Waals surface area contributed by atoms with Crippen molar-refractivity contribution >= 4 is 5.91 Å². The van der Waals surface area contributed by atoms with Crippen LogP contribution in [0.2, 0.25) is 0 Å². The highest BCUT2D eigenvalue weighted by Gasteiger charge is 2.33. The van der Waals surface area contributed by atoms with Gasteiger partial charge in [0.25, 0.3) is 5.91 Å². The average molecular weight is 313 g/mol. The van der Waals surface area contributed by atoms with Crippen LogP contribution >= 0.6 is 0 Å². The molecule has 0 spiro atoms. The van der Waals surface area contributed by atoms with E-state index in [9.17, 15) is 4.79 Å². The predicted molar refractivity (Wildman–Crippen MR) is 82.1 cm³/mol. The molecule has 2 aromatic rings. The first-order valence-corrected chi connectivity index (χ1v) is 8.03. The van der Waals surface area contributed by atoms with E-state index in [4.69, 9.17) is 9.15 Å². The number of hydrogen-bond acceptors (Lipinski definition) is 5. The predicted octanol–water partition coefficient (Wildman–Crippen LogP) is 2.08. The smallest absolute Gasteiger partial charge is 0.254 e. The first kappa shape index (κ1) is 14.4. The van der Waals surface area contributed by atoms with Crippen LogP contribution in [-0.2, 0) is 17.6 Å². The number of nitrogens with zero attached hydrogens (tertiary/aromatic N) is 3. The molecule has 23 heavy (non-hydrogen) atoms. The van der Waals surface area contributed by atoms with E-state index in [1.165, 1.54) is 17.5 Å². The molecule has 1 aliphatic heterocycles. The minimum atomic E-state index is -0.314. The van der Waals surface area contributed by atoms with Crippen LogP contribution in [0.15, 0.2) is 22.6 Å². The van der Waals surface area contributed by atoms with Gasteiger partial charge in [0.15, 0.2) is 0 Å². The van der Waals surface area contributed by atoms with E-state index in [1.807, 2.05) is 12.1 Å². The number of morpholine rings is 1. The zero-order valence-electron chi connectivity index (χ0n) is 13.1. The van der Waals surface area contributed by atoms with Crippen LogP contribution in [0.3, 0.4) is 0 Å². The maximum absolute atomic E-state index is 13.0. The topological polar surface area (TPSA) is 68.5 Å². The first-order valence-electron chi connectivity index (χ1n) is 8.03. The molecule has 0 saturated carbocycles. The van der Waals surface area contributed by atoms with E-state index in [0.29, 0.717) is 31.5 Å². The van der Waals surface area contributed by atoms with Crippen molar-refractivity contribution in [2.75, 3.05) is 19.8 Å². The molecule has 1 fully saturated rings. The Morgan fingerprint density at radius 1 is 1.26 bits per heavy atom. The Morgan fingerprint density at radius 3 is 2.96 bits per heavy atom. The van der Waals surface area contributed by atoms with Crippen molar-refractivity contribution < 1.29 is 13.9 Å². The number of amides is 1. The van der Waals surface area contributed by atoms with Crippen LogP contribution in [0.1, 0.15) is 45.7 Å². The molecule has 0 N–H and O–H groups in total. The number of aryl methyl sites for hydroxylation is 3. The Hall–Kier alpha value is -2.21. The van der Waals surface area contributed by atoms with Crippen molar-refractivity contribution in [1.29, 1.82) is 0 Å². The second kappa shape index (κ2) is 5.77. The third-order valence-electron chi connectivity index (χ3n) is 4.56. The number of aromatic nitrogens is 2. The van der Waals surface area contributed by atoms with Crippen LogP contribution in [0, 0.1) is 6.92 Å². The van der Waals surface area contributed by atoms with E-state index in [0.717, 1.165) is 18.4 Å². The minimum Gasteiger partial charge on any atom is -0.423 e. The molecule has 2 aliphatic rings. The summed E-state index contributed by atoms with van der Waals surface area (Å²) in [5.41, 5.74) is 3.40. The van der Waals surface area contributed by atoms with Gasteiger partial charge in [-0.05, 0) is 42.5 Å². The van der Waals surface area contributed by atoms with Crippen molar-refractivity contribution in [2.24, 2.45) is 0 Å². The number of fused-ring (bicyclic) bond motifs is 1. The normalized spacial score (nSPS) is 20.6. The number of hydrogen-bond donors (Lipinski definition) is 0. The fourth-order valence-electron chi connectivity index (χ4n) is 3.37. The number of rotatable bonds is 2. The van der Waals surface area contributed by atoms with E-state index in [2.05, 4.69) is 16.3 Å². The maximum Gasteiger partial charge on any atom is 0.254 e. The summed E-state index contributed by atoms with van der Waals surface area (Å²) >= 11 is 0. The summed E-state index contributed by atoms with van der Waals surface area (Å²) in [6.07, 6.45) is 3.35. The Bertz CT molecular complexity index is 740. The van der Waals surface area contributed by atoms with Gasteiger partial charge in [0, 0.05) is 19.0 Å². The molecule has 0 bridgehead atoms. The summed E-state index contributed by atoms with van der Waals surface area (Å²) in [4.78, 5) is 14.8. The highest BCUT2D eigenvalue weighted by molar-refractivity contribution is 5.94. The van der Waals surface area contributed by atoms with Gasteiger partial charge in [0.2, 0.25) is 11.8 Å². The number of benzene rings is 1. The number of ether oxygens (including phenoxy) is 1. The molecule has 1 aromatic heterocycles. The quantitative estimate of drug-likeness (QED) is 0.849. The summed E-state index contributed by atoms with van der Waals surface area (Å²) in [6, 6.07) is 5.74. The van der Waals surface area contributed by atoms with Crippen LogP contribution in [0.5, 0.6) is 0 Å². The van der Waals surface area contributed by atoms with Gasteiger partial charge >= 0.3 is 0 Å². The van der Waals surface area contributed by atoms with Gasteiger partial charge in [-0.1, -0.05) is 6.07 Å². The van der Waals surface area contributed by atoms with Crippen molar-refractivity contribution in [3.8, 4) is 0 Å². The standard InChI is InChI=1S/C17H19N3O3/c1-11-18-19-16(23-11)15-10-22-8-7-20(15)17(21)14-6-5-12-3-2-4-13(12)9-14/h5-6,9,15H,2-4,7-8,10H2,1H3. The van der Waals surface area contributed by atoms with E-state index in [-0.39, 0.29) is 11.9 Å². The SMILES string of the molecule is Cc1nnc(C2COCCN2C(=O)c2ccc3c(c2)CCC3)o1. The highest BCUT2D eigenvalue weighted by atomic mass is 16.5. The number of carbonyl (C=O) groups is 1. The van der Waals surface area contributed by atoms with Gasteiger partial charge in [0.1, 0.15) is 6.04 Å². The van der Waals surface area contributed by atoms with E-state index in [1.54, 1.807) is 11.8 Å². The van der Waals surface area contributed by atoms with Crippen LogP contribution < -0.4 is 0 Å². The van der Waals surface area contributed by atoms with Crippen molar-refractivity contribution in [3.63, 3.8) is 0 Å². The Kier molecular flexibility index (Phi) is 3.61. The lowest BCUT2D eigenvalue weighted by Gasteiger charge is -2.33. The van der Waals surface area contributed by atoms with Gasteiger partial charge in [-0.15, -0.1) is 10.2 Å². The molecule has 4 rings (SSSR count). The largest absolute Gasteiger partial charge is 0.423 e. The molecule has 120 valence electrons. The molecule has 1 unspecified atom stereocenters. The summed E-state index contributed by atoms with van der Waals surface area (Å²) in [5, 5.41) is 7.93. The molecule has 0 radical (unpaired) electrons. The molecule has 2 heterocycles. The molecule has 6 heteroatoms. The first-order chi connectivity index (χ1) is 11.2. The molecule has 1 saturated heterocycles. The number of carbonyl (C=O) groups excluding carboxylic acids is 1. The fourth-order valence-corrected chi connectivity index (χ4v) is 3.37. The second-order valence-corrected chi connectivity index (χ2v) is 6.09. The minimum absolute atomic E-state index is 0.00357. The third kappa shape index (κ3) is 2.63. The van der Waals surface area contributed by atoms with Gasteiger partial charge in [-0.2, -0.15) is 0 Å². The zero-order chi connectivity index (χ0) is 15.8. The van der Waals surface area contributed by atoms with Crippen LogP contribution in [0.4, 0.5) is 0 Å². The average Bonchev–Trinajstić information content (AvgIpc) is 3.22. The molecule has 1 aromatic carbocycles. The van der Waals surface area contributed by atoms with E-state index >= 15 is 0 Å². The zero-order valence-corrected chi connectivity index (χ0v) is 13.1. The lowest BCUT2D eigenvalue weighted by molar-refractivity contribution is -0.0106. The molecule has 1 atom stereocenters. The Balaban J connectivity index is 1.62. The molecular formula is C17H19N3O3. The highest BCUT2D eigenvalue weighted by Crippen LogP contribution is 2.27. The van der Waals surface area contributed by atoms with Crippen molar-refractivity contribution in [3.05, 3.63) is 46.7 Å². The molecule has 6 nitrogen and oxygen atoms in total. The summed E-state index contributed by atoms with van der Waals surface area (Å²) in [6.45, 7) is 3.19. The maximum atomic E-state index is 13.0. The van der Waals surface area contributed by atoms with Gasteiger partial charge < -0.3 is 14.1 Å². The fraction of sp³-hybridized carbons (Fsp3) is 0.471. The Labute approximate surface area is 134 Å². The monoisotopic (exact) mass is 313 g/mol. The third-order valence-corrected chi connectivity index (χ3v) is 4.56. The lowest BCUT2D eigenvalue weighted by atomic mass is 10.0. The van der Waals surface area contributed by atoms with Gasteiger partial charge in [-0.25, -0.2) is 0 Å². The van der Waals surface area contributed by atoms with Crippen LogP contribution in [0.25, 0.3) is 0 Å². The van der Waals surface area contributed by atoms with Gasteiger partial charge in [-0.3, -0.25) is 4.79 Å². The summed E-state index contributed by atoms with van der Waals surface area (Å²) in [5.74, 6) is 0.941. The summed E-state index contributed by atoms with van der Waals surface area (Å²) < 4.78 is 11.0. The molecule has 1 amide bonds. The van der Waals surface area contributed by atoms with Crippen molar-refractivity contribution in [1.82, 2.24) is 15.1 Å². The molecule has 1 aliphatic carbocycles. The second-order valence-electron chi connectivity index (χ2n) is 6.09. The molecular weight excluding hydrogens is 294 g/mol. The van der Waals surface area contributed by atoms with Crippen LogP contribution in [-0.4, -0.2) is 40.8 Å². The Morgan fingerprint density at radius 2 is 2.13 bits per heavy atom. The van der Waals surface area contributed by atoms with Crippen molar-refractivity contribution in [2.45, 2.75) is 32.2 Å². The summed E-state index contributed by atoms with van der Waals surface area (Å²) in [7, 11) is 0. The lowest BCUT2D eigenvalue weighted by Crippen LogP contribution is -2.43. The van der Waals surface area contributed by atoms with E-state index < -0.39 is 0 Å².